The van der Waals surface area contributed by atoms with Crippen LogP contribution in [0.15, 0.2) is 6.07 Å². The van der Waals surface area contributed by atoms with E-state index in [0.717, 1.165) is 30.3 Å². The summed E-state index contributed by atoms with van der Waals surface area (Å²) >= 11 is 1.89. The van der Waals surface area contributed by atoms with Crippen molar-refractivity contribution in [2.75, 3.05) is 36.3 Å². The molecule has 1 aromatic heterocycles. The monoisotopic (exact) mass is 268 g/mol. The molecule has 0 amide bonds. The highest BCUT2D eigenvalue weighted by Crippen LogP contribution is 2.18. The Kier molecular flexibility index (Phi) is 6.25. The predicted octanol–water partition coefficient (Wildman–Crippen LogP) is 2.66. The highest BCUT2D eigenvalue weighted by atomic mass is 32.2. The number of anilines is 2. The molecule has 18 heavy (non-hydrogen) atoms. The minimum Gasteiger partial charge on any atom is -0.373 e. The van der Waals surface area contributed by atoms with Crippen molar-refractivity contribution in [2.45, 2.75) is 32.7 Å². The first kappa shape index (κ1) is 15.1. The van der Waals surface area contributed by atoms with Gasteiger partial charge in [-0.25, -0.2) is 9.97 Å². The molecule has 102 valence electrons. The van der Waals surface area contributed by atoms with Crippen molar-refractivity contribution in [3.8, 4) is 0 Å². The van der Waals surface area contributed by atoms with Gasteiger partial charge in [0.1, 0.15) is 17.5 Å². The lowest BCUT2D eigenvalue weighted by atomic mass is 10.2. The Bertz CT molecular complexity index is 348. The third kappa shape index (κ3) is 4.05. The van der Waals surface area contributed by atoms with E-state index in [0.29, 0.717) is 6.04 Å². The Balaban J connectivity index is 2.86. The zero-order chi connectivity index (χ0) is 13.5. The van der Waals surface area contributed by atoms with E-state index in [1.54, 1.807) is 0 Å². The molecule has 5 heteroatoms. The number of hydrogen-bond donors (Lipinski definition) is 1. The summed E-state index contributed by atoms with van der Waals surface area (Å²) < 4.78 is 0. The fourth-order valence-electron chi connectivity index (χ4n) is 1.66. The van der Waals surface area contributed by atoms with Gasteiger partial charge in [0.25, 0.3) is 0 Å². The third-order valence-corrected chi connectivity index (χ3v) is 3.74. The third-order valence-electron chi connectivity index (χ3n) is 3.09. The highest BCUT2D eigenvalue weighted by molar-refractivity contribution is 7.98. The normalized spacial score (nSPS) is 12.3. The van der Waals surface area contributed by atoms with Crippen LogP contribution in [-0.2, 0) is 6.42 Å². The van der Waals surface area contributed by atoms with Crippen LogP contribution in [0.4, 0.5) is 11.6 Å². The average molecular weight is 268 g/mol. The molecule has 1 unspecified atom stereocenters. The molecule has 4 nitrogen and oxygen atoms in total. The van der Waals surface area contributed by atoms with E-state index >= 15 is 0 Å². The van der Waals surface area contributed by atoms with Gasteiger partial charge in [-0.1, -0.05) is 6.92 Å². The summed E-state index contributed by atoms with van der Waals surface area (Å²) in [5.41, 5.74) is 0. The molecule has 1 N–H and O–H groups in total. The SMILES string of the molecule is CCc1nc(NC)cc(N(C)C(C)CCSC)n1. The van der Waals surface area contributed by atoms with Crippen LogP contribution in [0.25, 0.3) is 0 Å². The summed E-state index contributed by atoms with van der Waals surface area (Å²) in [6.45, 7) is 4.32. The highest BCUT2D eigenvalue weighted by Gasteiger charge is 2.13. The number of aryl methyl sites for hydroxylation is 1. The van der Waals surface area contributed by atoms with Gasteiger partial charge in [0.15, 0.2) is 0 Å². The second-order valence-corrected chi connectivity index (χ2v) is 5.36. The first-order valence-electron chi connectivity index (χ1n) is 6.39. The zero-order valence-corrected chi connectivity index (χ0v) is 12.8. The maximum absolute atomic E-state index is 4.60. The summed E-state index contributed by atoms with van der Waals surface area (Å²) in [4.78, 5) is 11.3. The molecule has 0 bridgehead atoms. The molecule has 0 saturated heterocycles. The quantitative estimate of drug-likeness (QED) is 0.823. The van der Waals surface area contributed by atoms with Gasteiger partial charge in [-0.2, -0.15) is 11.8 Å². The Hall–Kier alpha value is -0.970. The van der Waals surface area contributed by atoms with Crippen molar-refractivity contribution in [3.05, 3.63) is 11.9 Å². The van der Waals surface area contributed by atoms with Gasteiger partial charge in [-0.15, -0.1) is 0 Å². The van der Waals surface area contributed by atoms with Crippen molar-refractivity contribution in [1.82, 2.24) is 9.97 Å². The van der Waals surface area contributed by atoms with Gasteiger partial charge < -0.3 is 10.2 Å². The fraction of sp³-hybridized carbons (Fsp3) is 0.692. The molecule has 1 rings (SSSR count). The first-order chi connectivity index (χ1) is 8.62. The lowest BCUT2D eigenvalue weighted by Crippen LogP contribution is -2.30. The first-order valence-corrected chi connectivity index (χ1v) is 7.79. The summed E-state index contributed by atoms with van der Waals surface area (Å²) in [7, 11) is 3.99. The number of thioether (sulfide) groups is 1. The molecule has 0 saturated carbocycles. The van der Waals surface area contributed by atoms with Crippen LogP contribution < -0.4 is 10.2 Å². The molecule has 1 aromatic rings. The predicted molar refractivity (Wildman–Crippen MR) is 81.8 cm³/mol. The summed E-state index contributed by atoms with van der Waals surface area (Å²) in [5, 5.41) is 3.10. The molecule has 1 heterocycles. The fourth-order valence-corrected chi connectivity index (χ4v) is 2.23. The summed E-state index contributed by atoms with van der Waals surface area (Å²) in [5.74, 6) is 3.96. The van der Waals surface area contributed by atoms with Crippen LogP contribution in [0.1, 0.15) is 26.1 Å². The van der Waals surface area contributed by atoms with Crippen LogP contribution in [-0.4, -0.2) is 42.1 Å². The van der Waals surface area contributed by atoms with Crippen LogP contribution in [0.3, 0.4) is 0 Å². The summed E-state index contributed by atoms with van der Waals surface area (Å²) in [6.07, 6.45) is 4.17. The number of aromatic nitrogens is 2. The van der Waals surface area contributed by atoms with E-state index in [2.05, 4.69) is 47.3 Å². The standard InChI is InChI=1S/C13H24N4S/c1-6-11-15-12(14-3)9-13(16-11)17(4)10(2)7-8-18-5/h9-10H,6-8H2,1-5H3,(H,14,15,16). The second kappa shape index (κ2) is 7.46. The van der Waals surface area contributed by atoms with Gasteiger partial charge in [0, 0.05) is 32.6 Å². The molecular weight excluding hydrogens is 244 g/mol. The van der Waals surface area contributed by atoms with Gasteiger partial charge in [0.2, 0.25) is 0 Å². The Morgan fingerprint density at radius 2 is 2.17 bits per heavy atom. The molecule has 0 aliphatic rings. The summed E-state index contributed by atoms with van der Waals surface area (Å²) in [6, 6.07) is 2.50. The van der Waals surface area contributed by atoms with E-state index in [1.165, 1.54) is 5.75 Å². The number of hydrogen-bond acceptors (Lipinski definition) is 5. The van der Waals surface area contributed by atoms with Crippen LogP contribution >= 0.6 is 11.8 Å². The average Bonchev–Trinajstić information content (AvgIpc) is 2.43. The number of rotatable bonds is 7. The van der Waals surface area contributed by atoms with Gasteiger partial charge in [0.05, 0.1) is 0 Å². The molecule has 0 aliphatic carbocycles. The second-order valence-electron chi connectivity index (χ2n) is 4.37. The van der Waals surface area contributed by atoms with Crippen LogP contribution in [0.2, 0.25) is 0 Å². The van der Waals surface area contributed by atoms with Crippen molar-refractivity contribution < 1.29 is 0 Å². The molecule has 0 radical (unpaired) electrons. The Morgan fingerprint density at radius 3 is 2.72 bits per heavy atom. The van der Waals surface area contributed by atoms with E-state index in [-0.39, 0.29) is 0 Å². The number of nitrogens with zero attached hydrogens (tertiary/aromatic N) is 3. The Morgan fingerprint density at radius 1 is 1.44 bits per heavy atom. The Labute approximate surface area is 115 Å². The zero-order valence-electron chi connectivity index (χ0n) is 12.0. The van der Waals surface area contributed by atoms with E-state index in [9.17, 15) is 0 Å². The van der Waals surface area contributed by atoms with Crippen molar-refractivity contribution in [3.63, 3.8) is 0 Å². The largest absolute Gasteiger partial charge is 0.373 e. The van der Waals surface area contributed by atoms with Gasteiger partial charge in [-0.3, -0.25) is 0 Å². The number of nitrogens with one attached hydrogen (secondary N) is 1. The topological polar surface area (TPSA) is 41.1 Å². The van der Waals surface area contributed by atoms with Crippen LogP contribution in [0, 0.1) is 0 Å². The van der Waals surface area contributed by atoms with Crippen molar-refractivity contribution >= 4 is 23.4 Å². The van der Waals surface area contributed by atoms with E-state index in [1.807, 2.05) is 24.9 Å². The van der Waals surface area contributed by atoms with Gasteiger partial charge >= 0.3 is 0 Å². The van der Waals surface area contributed by atoms with E-state index in [4.69, 9.17) is 0 Å². The molecule has 0 fully saturated rings. The lowest BCUT2D eigenvalue weighted by molar-refractivity contribution is 0.659. The lowest BCUT2D eigenvalue weighted by Gasteiger charge is -2.26. The van der Waals surface area contributed by atoms with E-state index < -0.39 is 0 Å². The van der Waals surface area contributed by atoms with Crippen LogP contribution in [0.5, 0.6) is 0 Å². The maximum atomic E-state index is 4.60. The molecule has 0 spiro atoms. The molecule has 0 aliphatic heterocycles. The van der Waals surface area contributed by atoms with Crippen molar-refractivity contribution in [2.24, 2.45) is 0 Å². The van der Waals surface area contributed by atoms with Gasteiger partial charge in [-0.05, 0) is 25.4 Å². The minimum atomic E-state index is 0.488. The maximum Gasteiger partial charge on any atom is 0.134 e. The van der Waals surface area contributed by atoms with Crippen molar-refractivity contribution in [1.29, 1.82) is 0 Å². The molecule has 0 aromatic carbocycles. The molecular formula is C13H24N4S. The smallest absolute Gasteiger partial charge is 0.134 e. The minimum absolute atomic E-state index is 0.488. The molecule has 1 atom stereocenters.